The molecule has 1 aliphatic heterocycles. The molecule has 2 aliphatic rings. The Morgan fingerprint density at radius 1 is 1.11 bits per heavy atom. The monoisotopic (exact) mass is 276 g/mol. The number of rotatable bonds is 1. The molecule has 0 saturated carbocycles. The second kappa shape index (κ2) is 3.81. The highest BCUT2D eigenvalue weighted by atomic mass is 32.2. The van der Waals surface area contributed by atoms with Gasteiger partial charge in [-0.1, -0.05) is 31.2 Å². The van der Waals surface area contributed by atoms with Crippen molar-refractivity contribution in [3.8, 4) is 0 Å². The van der Waals surface area contributed by atoms with Crippen LogP contribution in [-0.4, -0.2) is 14.2 Å². The van der Waals surface area contributed by atoms with Gasteiger partial charge in [0.15, 0.2) is 5.78 Å². The van der Waals surface area contributed by atoms with Gasteiger partial charge in [-0.2, -0.15) is 8.42 Å². The van der Waals surface area contributed by atoms with Crippen molar-refractivity contribution in [2.24, 2.45) is 0 Å². The minimum absolute atomic E-state index is 0.109. The number of carbonyl (C=O) groups excluding carboxylic acids is 1. The van der Waals surface area contributed by atoms with Crippen molar-refractivity contribution in [3.63, 3.8) is 0 Å². The van der Waals surface area contributed by atoms with Crippen molar-refractivity contribution in [1.29, 1.82) is 0 Å². The number of hydrogen-bond donors (Lipinski definition) is 0. The van der Waals surface area contributed by atoms with Gasteiger partial charge in [-0.25, -0.2) is 0 Å². The third kappa shape index (κ3) is 1.51. The third-order valence-electron chi connectivity index (χ3n) is 3.46. The second-order valence-electron chi connectivity index (χ2n) is 4.50. The molecule has 0 saturated heterocycles. The quantitative estimate of drug-likeness (QED) is 0.740. The predicted molar refractivity (Wildman–Crippen MR) is 70.7 cm³/mol. The first-order chi connectivity index (χ1) is 8.97. The number of carbonyl (C=O) groups is 1. The molecule has 19 heavy (non-hydrogen) atoms. The smallest absolute Gasteiger partial charge is 0.335 e. The number of fused-ring (bicyclic) bond motifs is 3. The van der Waals surface area contributed by atoms with Gasteiger partial charge in [0.2, 0.25) is 0 Å². The molecule has 4 nitrogen and oxygen atoms in total. The van der Waals surface area contributed by atoms with E-state index in [0.717, 1.165) is 0 Å². The number of Topliss-reactive ketones (excluding diaryl/α,β-unsaturated/α-hetero) is 1. The van der Waals surface area contributed by atoms with Gasteiger partial charge in [-0.05, 0) is 12.5 Å². The van der Waals surface area contributed by atoms with Crippen molar-refractivity contribution >= 4 is 21.5 Å². The summed E-state index contributed by atoms with van der Waals surface area (Å²) >= 11 is 0. The molecule has 1 aliphatic carbocycles. The summed E-state index contributed by atoms with van der Waals surface area (Å²) in [7, 11) is -3.77. The van der Waals surface area contributed by atoms with E-state index >= 15 is 0 Å². The lowest BCUT2D eigenvalue weighted by atomic mass is 10.0. The van der Waals surface area contributed by atoms with Crippen LogP contribution in [0, 0.1) is 0 Å². The lowest BCUT2D eigenvalue weighted by Crippen LogP contribution is -2.16. The molecular weight excluding hydrogens is 264 g/mol. The van der Waals surface area contributed by atoms with Gasteiger partial charge in [-0.3, -0.25) is 4.79 Å². The summed E-state index contributed by atoms with van der Waals surface area (Å²) in [5.74, 6) is 0.0819. The summed E-state index contributed by atoms with van der Waals surface area (Å²) in [6, 6.07) is 7.05. The normalized spacial score (nSPS) is 20.2. The minimum atomic E-state index is -3.77. The van der Waals surface area contributed by atoms with Gasteiger partial charge in [0, 0.05) is 17.6 Å². The minimum Gasteiger partial charge on any atom is -0.383 e. The fourth-order valence-electron chi connectivity index (χ4n) is 2.51. The maximum atomic E-state index is 12.4. The first-order valence-corrected chi connectivity index (χ1v) is 7.41. The highest BCUT2D eigenvalue weighted by Gasteiger charge is 2.40. The molecular formula is C14H12O4S. The molecule has 0 fully saturated rings. The molecule has 0 spiro atoms. The average Bonchev–Trinajstić information content (AvgIpc) is 2.69. The van der Waals surface area contributed by atoms with E-state index in [-0.39, 0.29) is 16.4 Å². The van der Waals surface area contributed by atoms with Crippen molar-refractivity contribution in [1.82, 2.24) is 0 Å². The van der Waals surface area contributed by atoms with Crippen LogP contribution in [0.25, 0.3) is 5.57 Å². The van der Waals surface area contributed by atoms with Crippen LogP contribution in [0.15, 0.2) is 40.5 Å². The van der Waals surface area contributed by atoms with Gasteiger partial charge in [0.05, 0.1) is 10.5 Å². The Balaban J connectivity index is 2.44. The van der Waals surface area contributed by atoms with Crippen molar-refractivity contribution in [3.05, 3.63) is 51.6 Å². The van der Waals surface area contributed by atoms with Gasteiger partial charge >= 0.3 is 10.1 Å². The molecule has 1 aromatic rings. The summed E-state index contributed by atoms with van der Waals surface area (Å²) in [6.45, 7) is 3.25. The van der Waals surface area contributed by atoms with Crippen molar-refractivity contribution < 1.29 is 17.4 Å². The van der Waals surface area contributed by atoms with E-state index in [4.69, 9.17) is 4.18 Å². The predicted octanol–water partition coefficient (Wildman–Crippen LogP) is 2.64. The fourth-order valence-corrected chi connectivity index (χ4v) is 3.56. The molecule has 3 rings (SSSR count). The average molecular weight is 276 g/mol. The Labute approximate surface area is 111 Å². The first-order valence-electron chi connectivity index (χ1n) is 6.00. The van der Waals surface area contributed by atoms with Gasteiger partial charge < -0.3 is 4.18 Å². The number of benzene rings is 1. The highest BCUT2D eigenvalue weighted by Crippen LogP contribution is 2.45. The highest BCUT2D eigenvalue weighted by molar-refractivity contribution is 7.91. The van der Waals surface area contributed by atoms with Crippen LogP contribution in [0.1, 0.15) is 36.2 Å². The molecule has 0 N–H and O–H groups in total. The zero-order chi connectivity index (χ0) is 13.8. The van der Waals surface area contributed by atoms with Crippen LogP contribution in [0.2, 0.25) is 0 Å². The van der Waals surface area contributed by atoms with Crippen LogP contribution in [-0.2, 0) is 14.3 Å². The van der Waals surface area contributed by atoms with Gasteiger partial charge in [0.25, 0.3) is 0 Å². The maximum Gasteiger partial charge on any atom is 0.335 e. The largest absolute Gasteiger partial charge is 0.383 e. The summed E-state index contributed by atoms with van der Waals surface area (Å²) in [4.78, 5) is 12.5. The Hall–Kier alpha value is -1.88. The molecule has 0 bridgehead atoms. The van der Waals surface area contributed by atoms with E-state index in [1.807, 2.05) is 0 Å². The van der Waals surface area contributed by atoms with E-state index in [2.05, 4.69) is 0 Å². The maximum absolute atomic E-state index is 12.4. The number of allylic oxidation sites excluding steroid dienone is 4. The Morgan fingerprint density at radius 2 is 1.74 bits per heavy atom. The fraction of sp³-hybridized carbons (Fsp3) is 0.214. The Bertz CT molecular complexity index is 766. The Morgan fingerprint density at radius 3 is 2.37 bits per heavy atom. The third-order valence-corrected chi connectivity index (χ3v) is 4.83. The van der Waals surface area contributed by atoms with Crippen LogP contribution < -0.4 is 0 Å². The molecule has 0 unspecified atom stereocenters. The topological polar surface area (TPSA) is 60.4 Å². The molecule has 1 heterocycles. The molecule has 0 atom stereocenters. The number of hydrogen-bond acceptors (Lipinski definition) is 4. The zero-order valence-electron chi connectivity index (χ0n) is 10.6. The van der Waals surface area contributed by atoms with E-state index in [1.54, 1.807) is 31.2 Å². The molecule has 1 aromatic carbocycles. The van der Waals surface area contributed by atoms with E-state index in [0.29, 0.717) is 28.7 Å². The van der Waals surface area contributed by atoms with E-state index in [9.17, 15) is 13.2 Å². The van der Waals surface area contributed by atoms with Crippen molar-refractivity contribution in [2.75, 3.05) is 0 Å². The molecule has 0 radical (unpaired) electrons. The molecule has 98 valence electrons. The van der Waals surface area contributed by atoms with Gasteiger partial charge in [-0.15, -0.1) is 0 Å². The first kappa shape index (κ1) is 12.2. The number of ketones is 1. The molecule has 5 heteroatoms. The zero-order valence-corrected chi connectivity index (χ0v) is 11.4. The van der Waals surface area contributed by atoms with E-state index < -0.39 is 10.1 Å². The summed E-state index contributed by atoms with van der Waals surface area (Å²) in [5.41, 5.74) is 2.12. The summed E-state index contributed by atoms with van der Waals surface area (Å²) in [5, 5.41) is 0. The lowest BCUT2D eigenvalue weighted by Gasteiger charge is -2.19. The standard InChI is InChI=1S/C14H12O4S/c1-3-11-13-12(8(2)19(16,17)18-11)9-6-4-5-7-10(9)14(13)15/h4-7H,3H2,1-2H3. The Kier molecular flexibility index (Phi) is 2.44. The lowest BCUT2D eigenvalue weighted by molar-refractivity contribution is 0.103. The van der Waals surface area contributed by atoms with E-state index in [1.165, 1.54) is 6.92 Å². The van der Waals surface area contributed by atoms with Crippen molar-refractivity contribution in [2.45, 2.75) is 20.3 Å². The van der Waals surface area contributed by atoms with Gasteiger partial charge in [0.1, 0.15) is 5.76 Å². The second-order valence-corrected chi connectivity index (χ2v) is 6.18. The molecule has 0 aromatic heterocycles. The summed E-state index contributed by atoms with van der Waals surface area (Å²) in [6.07, 6.45) is 0.366. The van der Waals surface area contributed by atoms with Crippen LogP contribution >= 0.6 is 0 Å². The van der Waals surface area contributed by atoms with Crippen LogP contribution in [0.4, 0.5) is 0 Å². The summed E-state index contributed by atoms with van der Waals surface area (Å²) < 4.78 is 29.0. The molecule has 0 amide bonds. The SMILES string of the molecule is CCC1=C2C(=O)c3ccccc3C2=C(C)S(=O)(=O)O1. The van der Waals surface area contributed by atoms with Crippen LogP contribution in [0.5, 0.6) is 0 Å². The van der Waals surface area contributed by atoms with Crippen LogP contribution in [0.3, 0.4) is 0 Å².